The molecular weight excluding hydrogens is 488 g/mol. The van der Waals surface area contributed by atoms with Crippen molar-refractivity contribution in [1.82, 2.24) is 0 Å². The van der Waals surface area contributed by atoms with Gasteiger partial charge in [-0.05, 0) is 87.8 Å². The lowest BCUT2D eigenvalue weighted by Gasteiger charge is -2.38. The molecule has 0 fully saturated rings. The van der Waals surface area contributed by atoms with Gasteiger partial charge in [0.25, 0.3) is 0 Å². The maximum absolute atomic E-state index is 6.90. The summed E-state index contributed by atoms with van der Waals surface area (Å²) in [4.78, 5) is 0. The second-order valence-corrected chi connectivity index (χ2v) is 13.7. The van der Waals surface area contributed by atoms with Crippen molar-refractivity contribution in [1.29, 1.82) is 0 Å². The molecule has 0 aromatic heterocycles. The van der Waals surface area contributed by atoms with E-state index in [1.165, 1.54) is 84.7 Å². The number of methoxy groups -OCH3 is 1. The third-order valence-electron chi connectivity index (χ3n) is 9.34. The highest BCUT2D eigenvalue weighted by atomic mass is 16.5. The van der Waals surface area contributed by atoms with Crippen LogP contribution in [0.2, 0.25) is 0 Å². The van der Waals surface area contributed by atoms with Gasteiger partial charge in [0.1, 0.15) is 17.1 Å². The van der Waals surface area contributed by atoms with Gasteiger partial charge in [-0.25, -0.2) is 0 Å². The Kier molecular flexibility index (Phi) is 12.2. The molecule has 1 aliphatic rings. The summed E-state index contributed by atoms with van der Waals surface area (Å²) in [5.74, 6) is 4.59. The molecule has 40 heavy (non-hydrogen) atoms. The van der Waals surface area contributed by atoms with E-state index >= 15 is 0 Å². The van der Waals surface area contributed by atoms with Crippen LogP contribution in [-0.4, -0.2) is 12.7 Å². The summed E-state index contributed by atoms with van der Waals surface area (Å²) in [5, 5.41) is 0. The average Bonchev–Trinajstić information content (AvgIpc) is 2.90. The fourth-order valence-electron chi connectivity index (χ4n) is 6.38. The quantitative estimate of drug-likeness (QED) is 0.207. The zero-order valence-corrected chi connectivity index (χ0v) is 27.3. The maximum atomic E-state index is 6.90. The monoisotopic (exact) mass is 546 g/mol. The van der Waals surface area contributed by atoms with Crippen LogP contribution in [0.4, 0.5) is 0 Å². The minimum absolute atomic E-state index is 0.0959. The molecule has 2 aromatic rings. The Balaban J connectivity index is 1.58. The fraction of sp³-hybridized carbons (Fsp3) is 0.632. The molecule has 0 saturated carbocycles. The summed E-state index contributed by atoms with van der Waals surface area (Å²) in [6, 6.07) is 8.68. The Morgan fingerprint density at radius 1 is 0.825 bits per heavy atom. The van der Waals surface area contributed by atoms with E-state index in [0.29, 0.717) is 0 Å². The van der Waals surface area contributed by atoms with Crippen LogP contribution in [0, 0.1) is 38.5 Å². The highest BCUT2D eigenvalue weighted by Gasteiger charge is 2.34. The summed E-state index contributed by atoms with van der Waals surface area (Å²) in [7, 11) is 1.79. The predicted octanol–water partition coefficient (Wildman–Crippen LogP) is 11.3. The Labute approximate surface area is 247 Å². The summed E-state index contributed by atoms with van der Waals surface area (Å²) in [6.45, 7) is 18.4. The van der Waals surface area contributed by atoms with Gasteiger partial charge in [0.05, 0.1) is 7.11 Å². The molecule has 0 N–H and O–H groups in total. The molecule has 0 bridgehead atoms. The summed E-state index contributed by atoms with van der Waals surface area (Å²) < 4.78 is 12.8. The Morgan fingerprint density at radius 2 is 1.43 bits per heavy atom. The molecule has 3 atom stereocenters. The van der Waals surface area contributed by atoms with Gasteiger partial charge >= 0.3 is 0 Å². The van der Waals surface area contributed by atoms with Gasteiger partial charge in [-0.1, -0.05) is 115 Å². The molecule has 2 nitrogen and oxygen atoms in total. The first-order valence-corrected chi connectivity index (χ1v) is 16.2. The molecule has 2 heteroatoms. The number of aryl methyl sites for hydroxylation is 1. The molecule has 0 aliphatic carbocycles. The number of benzene rings is 2. The molecule has 0 saturated heterocycles. The van der Waals surface area contributed by atoms with Crippen molar-refractivity contribution in [2.24, 2.45) is 17.8 Å². The molecule has 0 amide bonds. The Morgan fingerprint density at radius 3 is 2.02 bits per heavy atom. The van der Waals surface area contributed by atoms with Crippen molar-refractivity contribution < 1.29 is 9.47 Å². The number of hydrogen-bond donors (Lipinski definition) is 0. The minimum atomic E-state index is -0.0959. The molecule has 0 spiro atoms. The van der Waals surface area contributed by atoms with E-state index in [2.05, 4.69) is 91.8 Å². The first kappa shape index (κ1) is 32.3. The molecule has 0 radical (unpaired) electrons. The number of fused-ring (bicyclic) bond motifs is 1. The highest BCUT2D eigenvalue weighted by molar-refractivity contribution is 5.78. The highest BCUT2D eigenvalue weighted by Crippen LogP contribution is 2.46. The van der Waals surface area contributed by atoms with Gasteiger partial charge in [0.15, 0.2) is 0 Å². The zero-order valence-electron chi connectivity index (χ0n) is 27.3. The van der Waals surface area contributed by atoms with Crippen molar-refractivity contribution in [3.8, 4) is 11.5 Å². The molecule has 3 unspecified atom stereocenters. The van der Waals surface area contributed by atoms with Gasteiger partial charge in [-0.3, -0.25) is 0 Å². The van der Waals surface area contributed by atoms with E-state index in [1.54, 1.807) is 7.11 Å². The fourth-order valence-corrected chi connectivity index (χ4v) is 6.38. The smallest absolute Gasteiger partial charge is 0.129 e. The van der Waals surface area contributed by atoms with Crippen LogP contribution in [0.15, 0.2) is 24.3 Å². The molecule has 3 rings (SSSR count). The summed E-state index contributed by atoms with van der Waals surface area (Å²) in [6.07, 6.45) is 18.5. The zero-order chi connectivity index (χ0) is 29.3. The average molecular weight is 547 g/mol. The van der Waals surface area contributed by atoms with Crippen molar-refractivity contribution in [3.05, 3.63) is 57.6 Å². The third-order valence-corrected chi connectivity index (χ3v) is 9.34. The third kappa shape index (κ3) is 9.15. The van der Waals surface area contributed by atoms with Crippen LogP contribution >= 0.6 is 0 Å². The minimum Gasteiger partial charge on any atom is -0.496 e. The SMILES string of the molecule is COc1c(C)c(C)c2c(c1C=Cc1ccc(C)cc1)CCC(C)(CCCC(C)CCCC(C)CCCC(C)C)O2. The van der Waals surface area contributed by atoms with Gasteiger partial charge < -0.3 is 9.47 Å². The summed E-state index contributed by atoms with van der Waals surface area (Å²) in [5.41, 5.74) is 7.27. The lowest BCUT2D eigenvalue weighted by atomic mass is 9.83. The van der Waals surface area contributed by atoms with Crippen LogP contribution in [0.5, 0.6) is 11.5 Å². The van der Waals surface area contributed by atoms with Gasteiger partial charge in [0.2, 0.25) is 0 Å². The van der Waals surface area contributed by atoms with E-state index < -0.39 is 0 Å². The van der Waals surface area contributed by atoms with Gasteiger partial charge in [-0.2, -0.15) is 0 Å². The van der Waals surface area contributed by atoms with E-state index in [0.717, 1.165) is 48.5 Å². The summed E-state index contributed by atoms with van der Waals surface area (Å²) >= 11 is 0. The van der Waals surface area contributed by atoms with Crippen molar-refractivity contribution in [2.45, 2.75) is 132 Å². The van der Waals surface area contributed by atoms with Crippen molar-refractivity contribution in [2.75, 3.05) is 7.11 Å². The van der Waals surface area contributed by atoms with Crippen LogP contribution in [0.3, 0.4) is 0 Å². The number of rotatable bonds is 15. The maximum Gasteiger partial charge on any atom is 0.129 e. The van der Waals surface area contributed by atoms with Crippen molar-refractivity contribution >= 4 is 12.2 Å². The normalized spacial score (nSPS) is 18.6. The first-order chi connectivity index (χ1) is 19.0. The largest absolute Gasteiger partial charge is 0.496 e. The second-order valence-electron chi connectivity index (χ2n) is 13.7. The Bertz CT molecular complexity index is 1090. The molecular formula is C38H58O2. The van der Waals surface area contributed by atoms with Crippen LogP contribution in [-0.2, 0) is 6.42 Å². The topological polar surface area (TPSA) is 18.5 Å². The lowest BCUT2D eigenvalue weighted by molar-refractivity contribution is 0.0513. The van der Waals surface area contributed by atoms with Crippen LogP contribution < -0.4 is 9.47 Å². The van der Waals surface area contributed by atoms with Gasteiger partial charge in [-0.15, -0.1) is 0 Å². The van der Waals surface area contributed by atoms with Crippen LogP contribution in [0.1, 0.15) is 132 Å². The molecule has 222 valence electrons. The number of ether oxygens (including phenoxy) is 2. The standard InChI is InChI=1S/C38H58O2/c1-27(2)13-10-14-28(3)15-11-16-29(4)17-12-25-38(8)26-24-35-34(23-22-33-20-18-30(5)19-21-33)36(39-9)31(6)32(7)37(35)40-38/h18-23,27-29H,10-17,24-26H2,1-9H3. The van der Waals surface area contributed by atoms with E-state index in [-0.39, 0.29) is 5.60 Å². The van der Waals surface area contributed by atoms with E-state index in [1.807, 2.05) is 0 Å². The second kappa shape index (κ2) is 15.1. The predicted molar refractivity (Wildman–Crippen MR) is 175 cm³/mol. The molecule has 1 heterocycles. The van der Waals surface area contributed by atoms with E-state index in [9.17, 15) is 0 Å². The number of hydrogen-bond acceptors (Lipinski definition) is 2. The van der Waals surface area contributed by atoms with E-state index in [4.69, 9.17) is 9.47 Å². The van der Waals surface area contributed by atoms with Gasteiger partial charge in [0, 0.05) is 11.1 Å². The first-order valence-electron chi connectivity index (χ1n) is 16.2. The molecule has 2 aromatic carbocycles. The Hall–Kier alpha value is -2.22. The lowest BCUT2D eigenvalue weighted by Crippen LogP contribution is -2.37. The molecule has 1 aliphatic heterocycles. The van der Waals surface area contributed by atoms with Crippen LogP contribution in [0.25, 0.3) is 12.2 Å². The van der Waals surface area contributed by atoms with Crippen molar-refractivity contribution in [3.63, 3.8) is 0 Å².